The van der Waals surface area contributed by atoms with E-state index < -0.39 is 0 Å². The zero-order valence-corrected chi connectivity index (χ0v) is 16.8. The van der Waals surface area contributed by atoms with Crippen molar-refractivity contribution in [3.63, 3.8) is 0 Å². The highest BCUT2D eigenvalue weighted by molar-refractivity contribution is 6.30. The van der Waals surface area contributed by atoms with Crippen LogP contribution in [-0.2, 0) is 10.2 Å². The van der Waals surface area contributed by atoms with Crippen LogP contribution in [0.5, 0.6) is 5.75 Å². The first-order valence-electron chi connectivity index (χ1n) is 10.4. The minimum atomic E-state index is -0.164. The lowest BCUT2D eigenvalue weighted by atomic mass is 9.48. The van der Waals surface area contributed by atoms with Crippen LogP contribution in [0, 0.1) is 17.8 Å². The highest BCUT2D eigenvalue weighted by Gasteiger charge is 2.51. The molecule has 4 aliphatic carbocycles. The molecule has 2 aromatic rings. The summed E-state index contributed by atoms with van der Waals surface area (Å²) in [7, 11) is 0. The van der Waals surface area contributed by atoms with Gasteiger partial charge in [-0.05, 0) is 97.6 Å². The maximum absolute atomic E-state index is 12.2. The fourth-order valence-electron chi connectivity index (χ4n) is 6.27. The fraction of sp³-hybridized carbons (Fsp3) is 0.458. The van der Waals surface area contributed by atoms with Gasteiger partial charge in [0.2, 0.25) is 0 Å². The standard InChI is InChI=1S/C24H26ClNO2/c25-20-2-1-3-22(11-20)28-15-23(27)26-21-6-4-19(5-7-21)24-12-16-8-17(13-24)10-18(9-16)14-24/h1-7,11,16-18H,8-10,12-15H2,(H,26,27). The highest BCUT2D eigenvalue weighted by atomic mass is 35.5. The van der Waals surface area contributed by atoms with E-state index >= 15 is 0 Å². The van der Waals surface area contributed by atoms with Crippen LogP contribution in [0.1, 0.15) is 44.1 Å². The first-order chi connectivity index (χ1) is 13.6. The summed E-state index contributed by atoms with van der Waals surface area (Å²) in [6.45, 7) is -0.0307. The van der Waals surface area contributed by atoms with Crippen molar-refractivity contribution in [2.24, 2.45) is 17.8 Å². The summed E-state index contributed by atoms with van der Waals surface area (Å²) >= 11 is 5.94. The Morgan fingerprint density at radius 2 is 1.64 bits per heavy atom. The molecule has 0 unspecified atom stereocenters. The Morgan fingerprint density at radius 1 is 1.00 bits per heavy atom. The average molecular weight is 396 g/mol. The van der Waals surface area contributed by atoms with Gasteiger partial charge in [0, 0.05) is 10.7 Å². The van der Waals surface area contributed by atoms with E-state index in [0.717, 1.165) is 23.4 Å². The summed E-state index contributed by atoms with van der Waals surface area (Å²) in [5.41, 5.74) is 2.69. The van der Waals surface area contributed by atoms with Gasteiger partial charge in [-0.25, -0.2) is 0 Å². The van der Waals surface area contributed by atoms with E-state index in [4.69, 9.17) is 16.3 Å². The quantitative estimate of drug-likeness (QED) is 0.692. The molecule has 1 N–H and O–H groups in total. The third-order valence-electron chi connectivity index (χ3n) is 6.99. The Labute approximate surface area is 171 Å². The Morgan fingerprint density at radius 3 is 2.25 bits per heavy atom. The zero-order chi connectivity index (χ0) is 19.1. The number of rotatable bonds is 5. The summed E-state index contributed by atoms with van der Waals surface area (Å²) in [5.74, 6) is 3.25. The van der Waals surface area contributed by atoms with Crippen molar-refractivity contribution < 1.29 is 9.53 Å². The van der Waals surface area contributed by atoms with Crippen LogP contribution in [0.3, 0.4) is 0 Å². The molecule has 6 rings (SSSR count). The lowest BCUT2D eigenvalue weighted by molar-refractivity contribution is -0.118. The normalized spacial score (nSPS) is 30.2. The number of halogens is 1. The maximum Gasteiger partial charge on any atom is 0.262 e. The van der Waals surface area contributed by atoms with Gasteiger partial charge in [0.1, 0.15) is 5.75 Å². The van der Waals surface area contributed by atoms with Gasteiger partial charge in [0.05, 0.1) is 0 Å². The largest absolute Gasteiger partial charge is 0.484 e. The monoisotopic (exact) mass is 395 g/mol. The van der Waals surface area contributed by atoms with Gasteiger partial charge in [-0.15, -0.1) is 0 Å². The SMILES string of the molecule is O=C(COc1cccc(Cl)c1)Nc1ccc(C23CC4CC(CC(C4)C2)C3)cc1. The molecule has 28 heavy (non-hydrogen) atoms. The van der Waals surface area contributed by atoms with E-state index in [0.29, 0.717) is 16.2 Å². The molecule has 4 bridgehead atoms. The fourth-order valence-corrected chi connectivity index (χ4v) is 6.45. The summed E-state index contributed by atoms with van der Waals surface area (Å²) in [6.07, 6.45) is 8.45. The molecule has 3 nitrogen and oxygen atoms in total. The summed E-state index contributed by atoms with van der Waals surface area (Å²) in [6, 6.07) is 15.6. The maximum atomic E-state index is 12.2. The number of benzene rings is 2. The Balaban J connectivity index is 1.21. The number of ether oxygens (including phenoxy) is 1. The van der Waals surface area contributed by atoms with Crippen molar-refractivity contribution in [2.75, 3.05) is 11.9 Å². The third kappa shape index (κ3) is 3.53. The zero-order valence-electron chi connectivity index (χ0n) is 16.0. The Bertz CT molecular complexity index is 841. The molecule has 0 aromatic heterocycles. The first kappa shape index (κ1) is 18.1. The summed E-state index contributed by atoms with van der Waals surface area (Å²) in [5, 5.41) is 3.53. The molecule has 0 radical (unpaired) electrons. The van der Waals surface area contributed by atoms with Crippen LogP contribution in [0.2, 0.25) is 5.02 Å². The summed E-state index contributed by atoms with van der Waals surface area (Å²) in [4.78, 5) is 12.2. The van der Waals surface area contributed by atoms with E-state index in [9.17, 15) is 4.79 Å². The van der Waals surface area contributed by atoms with Gasteiger partial charge in [-0.3, -0.25) is 4.79 Å². The molecule has 4 fully saturated rings. The molecule has 146 valence electrons. The van der Waals surface area contributed by atoms with Crippen molar-refractivity contribution >= 4 is 23.2 Å². The van der Waals surface area contributed by atoms with Crippen molar-refractivity contribution in [3.8, 4) is 5.75 Å². The number of carbonyl (C=O) groups excluding carboxylic acids is 1. The van der Waals surface area contributed by atoms with E-state index in [-0.39, 0.29) is 12.5 Å². The van der Waals surface area contributed by atoms with Crippen LogP contribution in [0.25, 0.3) is 0 Å². The topological polar surface area (TPSA) is 38.3 Å². The van der Waals surface area contributed by atoms with Crippen LogP contribution in [-0.4, -0.2) is 12.5 Å². The minimum absolute atomic E-state index is 0.0307. The number of anilines is 1. The Hall–Kier alpha value is -2.00. The Kier molecular flexibility index (Phi) is 4.59. The molecule has 4 saturated carbocycles. The van der Waals surface area contributed by atoms with Gasteiger partial charge in [0.15, 0.2) is 6.61 Å². The van der Waals surface area contributed by atoms with Crippen molar-refractivity contribution in [2.45, 2.75) is 43.9 Å². The first-order valence-corrected chi connectivity index (χ1v) is 10.7. The van der Waals surface area contributed by atoms with Gasteiger partial charge in [0.25, 0.3) is 5.91 Å². The van der Waals surface area contributed by atoms with Crippen molar-refractivity contribution in [1.29, 1.82) is 0 Å². The number of nitrogens with one attached hydrogen (secondary N) is 1. The number of amides is 1. The van der Waals surface area contributed by atoms with Crippen LogP contribution in [0.4, 0.5) is 5.69 Å². The minimum Gasteiger partial charge on any atom is -0.484 e. The van der Waals surface area contributed by atoms with Crippen LogP contribution >= 0.6 is 11.6 Å². The average Bonchev–Trinajstić information content (AvgIpc) is 2.66. The number of carbonyl (C=O) groups is 1. The van der Waals surface area contributed by atoms with E-state index in [1.807, 2.05) is 12.1 Å². The van der Waals surface area contributed by atoms with E-state index in [1.54, 1.807) is 24.3 Å². The molecule has 0 heterocycles. The summed E-state index contributed by atoms with van der Waals surface area (Å²) < 4.78 is 5.51. The second kappa shape index (κ2) is 7.11. The van der Waals surface area contributed by atoms with Crippen LogP contribution in [0.15, 0.2) is 48.5 Å². The lowest BCUT2D eigenvalue weighted by Gasteiger charge is -2.57. The van der Waals surface area contributed by atoms with Gasteiger partial charge in [-0.2, -0.15) is 0 Å². The molecule has 2 aromatic carbocycles. The third-order valence-corrected chi connectivity index (χ3v) is 7.22. The second-order valence-electron chi connectivity index (χ2n) is 9.07. The molecule has 4 heteroatoms. The van der Waals surface area contributed by atoms with Gasteiger partial charge >= 0.3 is 0 Å². The molecular weight excluding hydrogens is 370 g/mol. The molecule has 0 spiro atoms. The smallest absolute Gasteiger partial charge is 0.262 e. The molecule has 0 aliphatic heterocycles. The van der Waals surface area contributed by atoms with E-state index in [2.05, 4.69) is 17.4 Å². The second-order valence-corrected chi connectivity index (χ2v) is 9.51. The van der Waals surface area contributed by atoms with Gasteiger partial charge in [-0.1, -0.05) is 29.8 Å². The number of hydrogen-bond donors (Lipinski definition) is 1. The molecular formula is C24H26ClNO2. The predicted molar refractivity (Wildman–Crippen MR) is 112 cm³/mol. The van der Waals surface area contributed by atoms with Crippen molar-refractivity contribution in [1.82, 2.24) is 0 Å². The van der Waals surface area contributed by atoms with Crippen LogP contribution < -0.4 is 10.1 Å². The molecule has 4 aliphatic rings. The number of hydrogen-bond acceptors (Lipinski definition) is 2. The lowest BCUT2D eigenvalue weighted by Crippen LogP contribution is -2.48. The van der Waals surface area contributed by atoms with Gasteiger partial charge < -0.3 is 10.1 Å². The molecule has 0 atom stereocenters. The molecule has 1 amide bonds. The predicted octanol–water partition coefficient (Wildman–Crippen LogP) is 5.83. The van der Waals surface area contributed by atoms with E-state index in [1.165, 1.54) is 44.1 Å². The molecule has 0 saturated heterocycles. The highest BCUT2D eigenvalue weighted by Crippen LogP contribution is 2.60. The van der Waals surface area contributed by atoms with Crippen molar-refractivity contribution in [3.05, 3.63) is 59.1 Å².